The standard InChI is InChI=1S/C17H23N/c1-11-8-9-12(2)16-14-7-5-6-10-17(14,4)18-13(3)15(11)16/h8-9,14H,5-7,10H2,1-4H3. The molecule has 18 heavy (non-hydrogen) atoms. The molecule has 1 heteroatoms. The smallest absolute Gasteiger partial charge is 0.0652 e. The Morgan fingerprint density at radius 3 is 2.61 bits per heavy atom. The van der Waals surface area contributed by atoms with Gasteiger partial charge >= 0.3 is 0 Å². The number of aliphatic imine (C=N–C) groups is 1. The summed E-state index contributed by atoms with van der Waals surface area (Å²) in [5.74, 6) is 0.643. The predicted molar refractivity (Wildman–Crippen MR) is 77.7 cm³/mol. The Kier molecular flexibility index (Phi) is 2.62. The van der Waals surface area contributed by atoms with Crippen LogP contribution in [0.3, 0.4) is 0 Å². The third kappa shape index (κ3) is 1.56. The first-order chi connectivity index (χ1) is 8.53. The molecular formula is C17H23N. The van der Waals surface area contributed by atoms with Gasteiger partial charge in [0.15, 0.2) is 0 Å². The van der Waals surface area contributed by atoms with E-state index in [9.17, 15) is 0 Å². The van der Waals surface area contributed by atoms with Crippen molar-refractivity contribution >= 4 is 5.71 Å². The Balaban J connectivity index is 2.27. The van der Waals surface area contributed by atoms with Crippen molar-refractivity contribution in [3.05, 3.63) is 34.4 Å². The van der Waals surface area contributed by atoms with E-state index in [-0.39, 0.29) is 5.54 Å². The summed E-state index contributed by atoms with van der Waals surface area (Å²) in [7, 11) is 0. The summed E-state index contributed by atoms with van der Waals surface area (Å²) in [5.41, 5.74) is 7.32. The zero-order chi connectivity index (χ0) is 12.9. The third-order valence-electron chi connectivity index (χ3n) is 4.98. The molecule has 1 nitrogen and oxygen atoms in total. The lowest BCUT2D eigenvalue weighted by Crippen LogP contribution is -2.39. The average molecular weight is 241 g/mol. The molecule has 0 amide bonds. The Morgan fingerprint density at radius 1 is 1.11 bits per heavy atom. The number of rotatable bonds is 0. The molecule has 0 saturated heterocycles. The van der Waals surface area contributed by atoms with Crippen molar-refractivity contribution in [1.82, 2.24) is 0 Å². The van der Waals surface area contributed by atoms with Crippen LogP contribution in [-0.2, 0) is 0 Å². The molecule has 2 unspecified atom stereocenters. The fourth-order valence-corrected chi connectivity index (χ4v) is 4.11. The number of hydrogen-bond donors (Lipinski definition) is 0. The second-order valence-electron chi connectivity index (χ2n) is 6.34. The van der Waals surface area contributed by atoms with Gasteiger partial charge in [0.2, 0.25) is 0 Å². The van der Waals surface area contributed by atoms with Crippen LogP contribution in [-0.4, -0.2) is 11.3 Å². The summed E-state index contributed by atoms with van der Waals surface area (Å²) in [6.45, 7) is 9.06. The Bertz CT molecular complexity index is 527. The summed E-state index contributed by atoms with van der Waals surface area (Å²) in [4.78, 5) is 5.10. The number of hydrogen-bond acceptors (Lipinski definition) is 1. The van der Waals surface area contributed by atoms with E-state index in [0.29, 0.717) is 5.92 Å². The van der Waals surface area contributed by atoms with Gasteiger partial charge in [-0.3, -0.25) is 4.99 Å². The largest absolute Gasteiger partial charge is 0.282 e. The van der Waals surface area contributed by atoms with Gasteiger partial charge in [-0.2, -0.15) is 0 Å². The molecule has 1 saturated carbocycles. The van der Waals surface area contributed by atoms with E-state index in [1.807, 2.05) is 0 Å². The minimum atomic E-state index is 0.161. The van der Waals surface area contributed by atoms with E-state index >= 15 is 0 Å². The monoisotopic (exact) mass is 241 g/mol. The molecule has 0 radical (unpaired) electrons. The molecule has 1 fully saturated rings. The summed E-state index contributed by atoms with van der Waals surface area (Å²) in [6, 6.07) is 4.54. The van der Waals surface area contributed by atoms with Crippen molar-refractivity contribution in [3.63, 3.8) is 0 Å². The van der Waals surface area contributed by atoms with Crippen LogP contribution >= 0.6 is 0 Å². The summed E-state index contributed by atoms with van der Waals surface area (Å²) >= 11 is 0. The molecule has 2 aliphatic rings. The van der Waals surface area contributed by atoms with Gasteiger partial charge in [-0.25, -0.2) is 0 Å². The van der Waals surface area contributed by atoms with E-state index < -0.39 is 0 Å². The summed E-state index contributed by atoms with van der Waals surface area (Å²) in [6.07, 6.45) is 5.26. The molecule has 0 bridgehead atoms. The number of nitrogens with zero attached hydrogens (tertiary/aromatic N) is 1. The van der Waals surface area contributed by atoms with Crippen LogP contribution in [0.4, 0.5) is 0 Å². The SMILES string of the molecule is CC1=NC2(C)CCCCC2c2c(C)ccc(C)c21. The van der Waals surface area contributed by atoms with Crippen molar-refractivity contribution in [2.75, 3.05) is 0 Å². The summed E-state index contributed by atoms with van der Waals surface area (Å²) < 4.78 is 0. The molecule has 96 valence electrons. The fourth-order valence-electron chi connectivity index (χ4n) is 4.11. The molecular weight excluding hydrogens is 218 g/mol. The first kappa shape index (κ1) is 12.0. The van der Waals surface area contributed by atoms with Crippen LogP contribution < -0.4 is 0 Å². The third-order valence-corrected chi connectivity index (χ3v) is 4.98. The molecule has 0 N–H and O–H groups in total. The van der Waals surface area contributed by atoms with Gasteiger partial charge in [0.05, 0.1) is 5.54 Å². The molecule has 1 aliphatic carbocycles. The first-order valence-corrected chi connectivity index (χ1v) is 7.20. The van der Waals surface area contributed by atoms with Crippen LogP contribution in [0.2, 0.25) is 0 Å². The van der Waals surface area contributed by atoms with E-state index in [1.54, 1.807) is 5.56 Å². The maximum atomic E-state index is 5.10. The Labute approximate surface area is 110 Å². The van der Waals surface area contributed by atoms with Crippen LogP contribution in [0.25, 0.3) is 0 Å². The van der Waals surface area contributed by atoms with Crippen LogP contribution in [0.5, 0.6) is 0 Å². The van der Waals surface area contributed by atoms with E-state index in [2.05, 4.69) is 39.8 Å². The number of benzene rings is 1. The van der Waals surface area contributed by atoms with E-state index in [0.717, 1.165) is 0 Å². The van der Waals surface area contributed by atoms with Crippen LogP contribution in [0, 0.1) is 13.8 Å². The topological polar surface area (TPSA) is 12.4 Å². The molecule has 1 heterocycles. The zero-order valence-electron chi connectivity index (χ0n) is 12.0. The molecule has 0 spiro atoms. The van der Waals surface area contributed by atoms with E-state index in [4.69, 9.17) is 4.99 Å². The van der Waals surface area contributed by atoms with Crippen molar-refractivity contribution in [1.29, 1.82) is 0 Å². The molecule has 3 rings (SSSR count). The highest BCUT2D eigenvalue weighted by Gasteiger charge is 2.42. The van der Waals surface area contributed by atoms with Crippen LogP contribution in [0.15, 0.2) is 17.1 Å². The second kappa shape index (κ2) is 3.94. The maximum absolute atomic E-state index is 5.10. The Hall–Kier alpha value is -1.11. The quantitative estimate of drug-likeness (QED) is 0.632. The highest BCUT2D eigenvalue weighted by molar-refractivity contribution is 6.03. The molecule has 0 aromatic heterocycles. The van der Waals surface area contributed by atoms with Gasteiger partial charge in [0.1, 0.15) is 0 Å². The second-order valence-corrected chi connectivity index (χ2v) is 6.34. The zero-order valence-corrected chi connectivity index (χ0v) is 12.0. The molecule has 1 aromatic carbocycles. The van der Waals surface area contributed by atoms with E-state index in [1.165, 1.54) is 48.1 Å². The van der Waals surface area contributed by atoms with Crippen molar-refractivity contribution in [2.24, 2.45) is 4.99 Å². The van der Waals surface area contributed by atoms with Gasteiger partial charge in [-0.05, 0) is 57.2 Å². The molecule has 1 aromatic rings. The van der Waals surface area contributed by atoms with Gasteiger partial charge in [-0.15, -0.1) is 0 Å². The predicted octanol–water partition coefficient (Wildman–Crippen LogP) is 4.54. The average Bonchev–Trinajstić information content (AvgIpc) is 2.32. The lowest BCUT2D eigenvalue weighted by atomic mass is 9.66. The van der Waals surface area contributed by atoms with Crippen molar-refractivity contribution in [3.8, 4) is 0 Å². The highest BCUT2D eigenvalue weighted by atomic mass is 14.9. The molecule has 1 aliphatic heterocycles. The molecule has 2 atom stereocenters. The van der Waals surface area contributed by atoms with Crippen LogP contribution in [0.1, 0.15) is 67.7 Å². The van der Waals surface area contributed by atoms with Gasteiger partial charge in [0, 0.05) is 17.2 Å². The minimum Gasteiger partial charge on any atom is -0.282 e. The lowest BCUT2D eigenvalue weighted by molar-refractivity contribution is 0.272. The lowest BCUT2D eigenvalue weighted by Gasteiger charge is -2.44. The van der Waals surface area contributed by atoms with Crippen molar-refractivity contribution < 1.29 is 0 Å². The first-order valence-electron chi connectivity index (χ1n) is 7.20. The van der Waals surface area contributed by atoms with Gasteiger partial charge in [-0.1, -0.05) is 25.0 Å². The highest BCUT2D eigenvalue weighted by Crippen LogP contribution is 2.48. The Morgan fingerprint density at radius 2 is 1.83 bits per heavy atom. The fraction of sp³-hybridized carbons (Fsp3) is 0.588. The van der Waals surface area contributed by atoms with Gasteiger partial charge in [0.25, 0.3) is 0 Å². The summed E-state index contributed by atoms with van der Waals surface area (Å²) in [5, 5.41) is 0. The normalized spacial score (nSPS) is 30.4. The number of aryl methyl sites for hydroxylation is 2. The minimum absolute atomic E-state index is 0.161. The van der Waals surface area contributed by atoms with Crippen molar-refractivity contribution in [2.45, 2.75) is 64.8 Å². The van der Waals surface area contributed by atoms with Gasteiger partial charge < -0.3 is 0 Å². The number of fused-ring (bicyclic) bond motifs is 3. The maximum Gasteiger partial charge on any atom is 0.0652 e.